The number of benzene rings is 1. The highest BCUT2D eigenvalue weighted by Crippen LogP contribution is 2.24. The van der Waals surface area contributed by atoms with Crippen molar-refractivity contribution in [3.05, 3.63) is 33.8 Å². The Bertz CT molecular complexity index is 515. The molecule has 0 radical (unpaired) electrons. The second kappa shape index (κ2) is 12.5. The van der Waals surface area contributed by atoms with Crippen molar-refractivity contribution in [1.82, 2.24) is 0 Å². The molecule has 0 atom stereocenters. The van der Waals surface area contributed by atoms with Crippen molar-refractivity contribution in [3.63, 3.8) is 0 Å². The molecular weight excluding hydrogens is 345 g/mol. The molecule has 0 saturated carbocycles. The Morgan fingerprint density at radius 1 is 1.23 bits per heavy atom. The molecule has 0 saturated heterocycles. The third-order valence-corrected chi connectivity index (χ3v) is 3.58. The van der Waals surface area contributed by atoms with Crippen LogP contribution in [0.15, 0.2) is 23.4 Å². The van der Waals surface area contributed by atoms with Gasteiger partial charge in [0.15, 0.2) is 0 Å². The Kier molecular flexibility index (Phi) is 12.0. The molecule has 7 heteroatoms. The van der Waals surface area contributed by atoms with E-state index in [1.54, 1.807) is 12.1 Å². The van der Waals surface area contributed by atoms with Crippen LogP contribution in [0.5, 0.6) is 0 Å². The Balaban J connectivity index is 0.00000441. The minimum Gasteiger partial charge on any atom is -0.394 e. The molecule has 0 amide bonds. The Labute approximate surface area is 147 Å². The van der Waals surface area contributed by atoms with Gasteiger partial charge in [0, 0.05) is 18.5 Å². The van der Waals surface area contributed by atoms with Gasteiger partial charge in [0.2, 0.25) is 0 Å². The van der Waals surface area contributed by atoms with Crippen LogP contribution in [0, 0.1) is 11.3 Å². The maximum absolute atomic E-state index is 8.52. The predicted molar refractivity (Wildman–Crippen MR) is 94.0 cm³/mol. The molecule has 2 N–H and O–H groups in total. The van der Waals surface area contributed by atoms with E-state index in [-0.39, 0.29) is 12.4 Å². The summed E-state index contributed by atoms with van der Waals surface area (Å²) in [6.07, 6.45) is 4.16. The Hall–Kier alpha value is -0.990. The van der Waals surface area contributed by atoms with E-state index in [2.05, 4.69) is 11.2 Å². The second-order valence-electron chi connectivity index (χ2n) is 4.51. The summed E-state index contributed by atoms with van der Waals surface area (Å²) in [6, 6.07) is 7.54. The molecule has 0 aliphatic carbocycles. The standard InChI is InChI=1S/C15H19Cl2N3O.ClH/c16-13-7-6-12(11-14(13)17)15(20-21-10-9-19)5-3-1-2-4-8-18;/h6-7,11H,1-5,9-10,19H2;1H. The van der Waals surface area contributed by atoms with Gasteiger partial charge < -0.3 is 10.6 Å². The van der Waals surface area contributed by atoms with Crippen molar-refractivity contribution in [2.45, 2.75) is 32.1 Å². The van der Waals surface area contributed by atoms with Gasteiger partial charge in [0.05, 0.1) is 21.8 Å². The Morgan fingerprint density at radius 3 is 2.64 bits per heavy atom. The number of nitrogens with zero attached hydrogens (tertiary/aromatic N) is 2. The SMILES string of the molecule is Cl.N#CCCCCCC(=NOCCN)c1ccc(Cl)c(Cl)c1. The monoisotopic (exact) mass is 363 g/mol. The summed E-state index contributed by atoms with van der Waals surface area (Å²) in [6.45, 7) is 0.791. The lowest BCUT2D eigenvalue weighted by Crippen LogP contribution is -2.08. The van der Waals surface area contributed by atoms with E-state index >= 15 is 0 Å². The largest absolute Gasteiger partial charge is 0.394 e. The number of halogens is 3. The molecule has 0 spiro atoms. The fourth-order valence-corrected chi connectivity index (χ4v) is 2.07. The second-order valence-corrected chi connectivity index (χ2v) is 5.32. The number of hydrogen-bond acceptors (Lipinski definition) is 4. The summed E-state index contributed by atoms with van der Waals surface area (Å²) in [5, 5.41) is 13.7. The summed E-state index contributed by atoms with van der Waals surface area (Å²) >= 11 is 12.0. The van der Waals surface area contributed by atoms with Crippen LogP contribution in [0.4, 0.5) is 0 Å². The van der Waals surface area contributed by atoms with Crippen LogP contribution < -0.4 is 5.73 Å². The highest BCUT2D eigenvalue weighted by atomic mass is 35.5. The molecule has 0 bridgehead atoms. The smallest absolute Gasteiger partial charge is 0.129 e. The van der Waals surface area contributed by atoms with Crippen molar-refractivity contribution in [2.75, 3.05) is 13.2 Å². The summed E-state index contributed by atoms with van der Waals surface area (Å²) in [7, 11) is 0. The van der Waals surface area contributed by atoms with Crippen molar-refractivity contribution in [3.8, 4) is 6.07 Å². The van der Waals surface area contributed by atoms with E-state index in [1.165, 1.54) is 0 Å². The topological polar surface area (TPSA) is 71.4 Å². The van der Waals surface area contributed by atoms with Crippen molar-refractivity contribution in [2.24, 2.45) is 10.9 Å². The predicted octanol–water partition coefficient (Wildman–Crippen LogP) is 4.57. The molecule has 0 aromatic heterocycles. The first-order chi connectivity index (χ1) is 10.2. The average Bonchev–Trinajstić information content (AvgIpc) is 2.48. The van der Waals surface area contributed by atoms with Crippen LogP contribution in [-0.2, 0) is 4.84 Å². The molecule has 0 fully saturated rings. The van der Waals surface area contributed by atoms with Gasteiger partial charge in [-0.1, -0.05) is 40.8 Å². The highest BCUT2D eigenvalue weighted by Gasteiger charge is 2.08. The third kappa shape index (κ3) is 7.86. The molecule has 4 nitrogen and oxygen atoms in total. The third-order valence-electron chi connectivity index (χ3n) is 2.84. The van der Waals surface area contributed by atoms with Crippen LogP contribution in [0.25, 0.3) is 0 Å². The van der Waals surface area contributed by atoms with Gasteiger partial charge in [-0.3, -0.25) is 0 Å². The highest BCUT2D eigenvalue weighted by molar-refractivity contribution is 6.42. The van der Waals surface area contributed by atoms with Crippen molar-refractivity contribution in [1.29, 1.82) is 5.26 Å². The Morgan fingerprint density at radius 2 is 2.00 bits per heavy atom. The van der Waals surface area contributed by atoms with Crippen LogP contribution >= 0.6 is 35.6 Å². The minimum absolute atomic E-state index is 0. The normalized spacial score (nSPS) is 10.7. The summed E-state index contributed by atoms with van der Waals surface area (Å²) < 4.78 is 0. The molecule has 0 heterocycles. The van der Waals surface area contributed by atoms with E-state index in [1.807, 2.05) is 6.07 Å². The fourth-order valence-electron chi connectivity index (χ4n) is 1.77. The lowest BCUT2D eigenvalue weighted by Gasteiger charge is -2.08. The lowest BCUT2D eigenvalue weighted by molar-refractivity contribution is 0.152. The lowest BCUT2D eigenvalue weighted by atomic mass is 10.0. The van der Waals surface area contributed by atoms with Crippen molar-refractivity contribution < 1.29 is 4.84 Å². The van der Waals surface area contributed by atoms with E-state index in [4.69, 9.17) is 39.0 Å². The first-order valence-electron chi connectivity index (χ1n) is 6.90. The van der Waals surface area contributed by atoms with Gasteiger partial charge in [-0.25, -0.2) is 0 Å². The zero-order valence-corrected chi connectivity index (χ0v) is 14.6. The molecule has 1 aromatic rings. The number of nitrogens with two attached hydrogens (primary N) is 1. The van der Waals surface area contributed by atoms with Gasteiger partial charge in [-0.15, -0.1) is 12.4 Å². The zero-order valence-electron chi connectivity index (χ0n) is 12.2. The molecule has 0 aliphatic heterocycles. The van der Waals surface area contributed by atoms with E-state index < -0.39 is 0 Å². The van der Waals surface area contributed by atoms with Crippen LogP contribution in [0.3, 0.4) is 0 Å². The number of rotatable bonds is 9. The van der Waals surface area contributed by atoms with E-state index in [0.29, 0.717) is 29.6 Å². The van der Waals surface area contributed by atoms with Gasteiger partial charge in [-0.05, 0) is 31.4 Å². The molecular formula is C15H20Cl3N3O. The average molecular weight is 365 g/mol. The summed E-state index contributed by atoms with van der Waals surface area (Å²) in [5.41, 5.74) is 7.10. The minimum atomic E-state index is 0. The molecule has 1 rings (SSSR count). The first-order valence-corrected chi connectivity index (χ1v) is 7.66. The number of unbranched alkanes of at least 4 members (excludes halogenated alkanes) is 3. The van der Waals surface area contributed by atoms with Crippen LogP contribution in [0.2, 0.25) is 10.0 Å². The maximum atomic E-state index is 8.52. The number of oxime groups is 1. The molecule has 1 aromatic carbocycles. The van der Waals surface area contributed by atoms with Gasteiger partial charge >= 0.3 is 0 Å². The number of hydrogen-bond donors (Lipinski definition) is 1. The van der Waals surface area contributed by atoms with Crippen LogP contribution in [-0.4, -0.2) is 18.9 Å². The van der Waals surface area contributed by atoms with Crippen LogP contribution in [0.1, 0.15) is 37.7 Å². The summed E-state index contributed by atoms with van der Waals surface area (Å²) in [4.78, 5) is 5.18. The van der Waals surface area contributed by atoms with E-state index in [9.17, 15) is 0 Å². The quantitative estimate of drug-likeness (QED) is 0.396. The van der Waals surface area contributed by atoms with E-state index in [0.717, 1.165) is 37.0 Å². The molecule has 0 unspecified atom stereocenters. The van der Waals surface area contributed by atoms with Gasteiger partial charge in [0.1, 0.15) is 6.61 Å². The van der Waals surface area contributed by atoms with Crippen molar-refractivity contribution >= 4 is 41.3 Å². The van der Waals surface area contributed by atoms with Gasteiger partial charge in [-0.2, -0.15) is 5.26 Å². The number of nitriles is 1. The zero-order chi connectivity index (χ0) is 15.5. The fraction of sp³-hybridized carbons (Fsp3) is 0.467. The summed E-state index contributed by atoms with van der Waals surface area (Å²) in [5.74, 6) is 0. The maximum Gasteiger partial charge on any atom is 0.129 e. The first kappa shape index (κ1) is 21.0. The molecule has 22 heavy (non-hydrogen) atoms. The molecule has 122 valence electrons. The van der Waals surface area contributed by atoms with Gasteiger partial charge in [0.25, 0.3) is 0 Å². The molecule has 0 aliphatic rings.